The van der Waals surface area contributed by atoms with E-state index in [1.54, 1.807) is 12.1 Å². The van der Waals surface area contributed by atoms with Crippen LogP contribution in [-0.4, -0.2) is 16.6 Å². The van der Waals surface area contributed by atoms with Crippen LogP contribution in [0.5, 0.6) is 0 Å². The lowest BCUT2D eigenvalue weighted by Crippen LogP contribution is -2.20. The fourth-order valence-corrected chi connectivity index (χ4v) is 3.20. The third-order valence-corrected chi connectivity index (χ3v) is 4.27. The molecule has 0 radical (unpaired) electrons. The van der Waals surface area contributed by atoms with E-state index < -0.39 is 0 Å². The number of nitrogens with zero attached hydrogens (tertiary/aromatic N) is 2. The number of hydrogen-bond donors (Lipinski definition) is 1. The molecule has 0 saturated heterocycles. The minimum atomic E-state index is -0.238. The first-order valence-electron chi connectivity index (χ1n) is 6.46. The quantitative estimate of drug-likeness (QED) is 0.908. The van der Waals surface area contributed by atoms with E-state index >= 15 is 0 Å². The first-order valence-corrected chi connectivity index (χ1v) is 7.61. The molecular weight excluding hydrogens is 297 g/mol. The van der Waals surface area contributed by atoms with Crippen LogP contribution in [0.2, 0.25) is 5.02 Å². The molecule has 6 heteroatoms. The second kappa shape index (κ2) is 6.61. The molecule has 0 aliphatic heterocycles. The lowest BCUT2D eigenvalue weighted by atomic mass is 10.00. The largest absolute Gasteiger partial charge is 0.312 e. The maximum Gasteiger partial charge on any atom is 0.126 e. The summed E-state index contributed by atoms with van der Waals surface area (Å²) in [4.78, 5) is 1.06. The number of likely N-dealkylation sites (N-methyl/N-ethyl adjacent to an activating group) is 1. The van der Waals surface area contributed by atoms with E-state index in [4.69, 9.17) is 11.6 Å². The smallest absolute Gasteiger partial charge is 0.126 e. The number of aromatic nitrogens is 2. The Balaban J connectivity index is 2.29. The van der Waals surface area contributed by atoms with Crippen LogP contribution in [0.3, 0.4) is 0 Å². The van der Waals surface area contributed by atoms with E-state index in [2.05, 4.69) is 28.8 Å². The van der Waals surface area contributed by atoms with Crippen molar-refractivity contribution >= 4 is 23.1 Å². The van der Waals surface area contributed by atoms with Gasteiger partial charge in [0, 0.05) is 11.1 Å². The van der Waals surface area contributed by atoms with Gasteiger partial charge in [-0.25, -0.2) is 4.39 Å². The molecule has 0 amide bonds. The fraction of sp³-hybridized carbons (Fsp3) is 0.429. The molecule has 20 heavy (non-hydrogen) atoms. The van der Waals surface area contributed by atoms with Gasteiger partial charge >= 0.3 is 0 Å². The van der Waals surface area contributed by atoms with Crippen LogP contribution >= 0.6 is 23.1 Å². The second-order valence-electron chi connectivity index (χ2n) is 4.96. The van der Waals surface area contributed by atoms with Crippen molar-refractivity contribution in [1.29, 1.82) is 0 Å². The minimum Gasteiger partial charge on any atom is -0.312 e. The second-order valence-corrected chi connectivity index (χ2v) is 6.18. The summed E-state index contributed by atoms with van der Waals surface area (Å²) in [7, 11) is 1.86. The van der Waals surface area contributed by atoms with E-state index in [1.165, 1.54) is 17.6 Å². The Morgan fingerprint density at radius 2 is 2.15 bits per heavy atom. The van der Waals surface area contributed by atoms with E-state index in [0.29, 0.717) is 22.9 Å². The predicted molar refractivity (Wildman–Crippen MR) is 80.9 cm³/mol. The number of nitrogens with one attached hydrogen (secondary N) is 1. The molecule has 2 rings (SSSR count). The van der Waals surface area contributed by atoms with Crippen molar-refractivity contribution in [2.75, 3.05) is 7.05 Å². The van der Waals surface area contributed by atoms with Gasteiger partial charge in [-0.05, 0) is 54.7 Å². The van der Waals surface area contributed by atoms with Crippen LogP contribution in [0.1, 0.15) is 41.9 Å². The van der Waals surface area contributed by atoms with Gasteiger partial charge in [-0.15, -0.1) is 5.10 Å². The Hall–Kier alpha value is -1.04. The number of rotatable bonds is 5. The highest BCUT2D eigenvalue weighted by atomic mass is 35.5. The van der Waals surface area contributed by atoms with Crippen molar-refractivity contribution in [2.45, 2.75) is 32.2 Å². The third kappa shape index (κ3) is 3.34. The van der Waals surface area contributed by atoms with Gasteiger partial charge in [0.25, 0.3) is 0 Å². The SMILES string of the molecule is CNC(Cc1cc(Cl)ccc1F)c1snnc1C(C)C. The van der Waals surface area contributed by atoms with Gasteiger partial charge in [0.1, 0.15) is 5.82 Å². The first-order chi connectivity index (χ1) is 9.52. The van der Waals surface area contributed by atoms with Crippen LogP contribution in [0, 0.1) is 5.82 Å². The summed E-state index contributed by atoms with van der Waals surface area (Å²) >= 11 is 7.30. The molecule has 0 fully saturated rings. The number of halogens is 2. The molecular formula is C14H17ClFN3S. The standard InChI is InChI=1S/C14H17ClFN3S/c1-8(2)13-14(20-19-18-13)12(17-3)7-9-6-10(15)4-5-11(9)16/h4-6,8,12,17H,7H2,1-3H3. The molecule has 0 aliphatic carbocycles. The Labute approximate surface area is 127 Å². The van der Waals surface area contributed by atoms with Crippen molar-refractivity contribution in [2.24, 2.45) is 0 Å². The maximum absolute atomic E-state index is 13.9. The zero-order valence-corrected chi connectivity index (χ0v) is 13.2. The lowest BCUT2D eigenvalue weighted by Gasteiger charge is -2.17. The molecule has 108 valence electrons. The lowest BCUT2D eigenvalue weighted by molar-refractivity contribution is 0.554. The van der Waals surface area contributed by atoms with Crippen LogP contribution in [0.25, 0.3) is 0 Å². The molecule has 1 N–H and O–H groups in total. The van der Waals surface area contributed by atoms with Crippen molar-refractivity contribution in [1.82, 2.24) is 14.9 Å². The fourth-order valence-electron chi connectivity index (χ4n) is 2.09. The number of benzene rings is 1. The van der Waals surface area contributed by atoms with Crippen LogP contribution in [0.4, 0.5) is 4.39 Å². The first kappa shape index (κ1) is 15.4. The molecule has 0 bridgehead atoms. The number of hydrogen-bond acceptors (Lipinski definition) is 4. The van der Waals surface area contributed by atoms with Crippen molar-refractivity contribution in [3.63, 3.8) is 0 Å². The van der Waals surface area contributed by atoms with Gasteiger partial charge in [0.05, 0.1) is 10.6 Å². The van der Waals surface area contributed by atoms with Gasteiger partial charge < -0.3 is 5.32 Å². The molecule has 1 unspecified atom stereocenters. The van der Waals surface area contributed by atoms with Crippen molar-refractivity contribution < 1.29 is 4.39 Å². The monoisotopic (exact) mass is 313 g/mol. The van der Waals surface area contributed by atoms with Gasteiger partial charge in [0.2, 0.25) is 0 Å². The van der Waals surface area contributed by atoms with Crippen LogP contribution < -0.4 is 5.32 Å². The Kier molecular flexibility index (Phi) is 5.07. The van der Waals surface area contributed by atoms with Gasteiger partial charge in [-0.2, -0.15) is 0 Å². The van der Waals surface area contributed by atoms with Crippen molar-refractivity contribution in [3.8, 4) is 0 Å². The molecule has 1 aromatic heterocycles. The average molecular weight is 314 g/mol. The summed E-state index contributed by atoms with van der Waals surface area (Å²) in [6.07, 6.45) is 0.520. The molecule has 3 nitrogen and oxygen atoms in total. The van der Waals surface area contributed by atoms with Gasteiger partial charge in [-0.3, -0.25) is 0 Å². The molecule has 1 aromatic carbocycles. The maximum atomic E-state index is 13.9. The van der Waals surface area contributed by atoms with E-state index in [9.17, 15) is 4.39 Å². The summed E-state index contributed by atoms with van der Waals surface area (Å²) in [5.74, 6) is 0.0574. The Bertz CT molecular complexity index is 586. The minimum absolute atomic E-state index is 0.0135. The van der Waals surface area contributed by atoms with Crippen LogP contribution in [-0.2, 0) is 6.42 Å². The molecule has 2 aromatic rings. The zero-order chi connectivity index (χ0) is 14.7. The van der Waals surface area contributed by atoms with Crippen molar-refractivity contribution in [3.05, 3.63) is 45.2 Å². The highest BCUT2D eigenvalue weighted by Crippen LogP contribution is 2.29. The van der Waals surface area contributed by atoms with Gasteiger partial charge in [0.15, 0.2) is 0 Å². The summed E-state index contributed by atoms with van der Waals surface area (Å²) in [6, 6.07) is 4.62. The van der Waals surface area contributed by atoms with E-state index in [-0.39, 0.29) is 11.9 Å². The predicted octanol–water partition coefficient (Wildman–Crippen LogP) is 3.96. The summed E-state index contributed by atoms with van der Waals surface area (Å²) < 4.78 is 17.9. The molecule has 0 aliphatic rings. The van der Waals surface area contributed by atoms with Gasteiger partial charge in [-0.1, -0.05) is 29.9 Å². The Morgan fingerprint density at radius 3 is 2.80 bits per heavy atom. The average Bonchev–Trinajstić information content (AvgIpc) is 2.89. The highest BCUT2D eigenvalue weighted by molar-refractivity contribution is 7.05. The summed E-state index contributed by atoms with van der Waals surface area (Å²) in [6.45, 7) is 4.15. The zero-order valence-electron chi connectivity index (χ0n) is 11.7. The Morgan fingerprint density at radius 1 is 1.40 bits per heavy atom. The molecule has 1 heterocycles. The molecule has 0 saturated carbocycles. The van der Waals surface area contributed by atoms with E-state index in [0.717, 1.165) is 10.6 Å². The highest BCUT2D eigenvalue weighted by Gasteiger charge is 2.21. The van der Waals surface area contributed by atoms with E-state index in [1.807, 2.05) is 7.05 Å². The topological polar surface area (TPSA) is 37.8 Å². The summed E-state index contributed by atoms with van der Waals surface area (Å²) in [5, 5.41) is 7.93. The normalized spacial score (nSPS) is 12.9. The molecule has 1 atom stereocenters. The molecule has 0 spiro atoms. The third-order valence-electron chi connectivity index (χ3n) is 3.18. The summed E-state index contributed by atoms with van der Waals surface area (Å²) in [5.41, 5.74) is 1.57. The van der Waals surface area contributed by atoms with Crippen LogP contribution in [0.15, 0.2) is 18.2 Å².